The van der Waals surface area contributed by atoms with E-state index in [0.717, 1.165) is 11.4 Å². The number of furan rings is 1. The van der Waals surface area contributed by atoms with Crippen molar-refractivity contribution in [2.24, 2.45) is 7.05 Å². The average Bonchev–Trinajstić information content (AvgIpc) is 3.26. The first-order chi connectivity index (χ1) is 12.6. The Hall–Kier alpha value is -2.93. The molecule has 3 aromatic rings. The van der Waals surface area contributed by atoms with Gasteiger partial charge in [-0.15, -0.1) is 0 Å². The standard InChI is InChI=1S/C18H18ClN3O4/c1-22-16(15(19)9-21-22)10-20-18(23)17-8-7-14(26-17)11-25-13-5-3-12(24-2)4-6-13/h3-9H,10-11H2,1-2H3,(H,20,23). The Morgan fingerprint density at radius 1 is 1.23 bits per heavy atom. The van der Waals surface area contributed by atoms with Gasteiger partial charge in [0.05, 0.1) is 30.6 Å². The lowest BCUT2D eigenvalue weighted by molar-refractivity contribution is 0.0918. The highest BCUT2D eigenvalue weighted by Gasteiger charge is 2.13. The van der Waals surface area contributed by atoms with Crippen LogP contribution in [-0.2, 0) is 20.2 Å². The van der Waals surface area contributed by atoms with Gasteiger partial charge in [0, 0.05) is 7.05 Å². The summed E-state index contributed by atoms with van der Waals surface area (Å²) in [4.78, 5) is 12.2. The lowest BCUT2D eigenvalue weighted by atomic mass is 10.3. The molecule has 0 atom stereocenters. The number of nitrogens with zero attached hydrogens (tertiary/aromatic N) is 2. The third kappa shape index (κ3) is 4.18. The molecule has 7 nitrogen and oxygen atoms in total. The molecular weight excluding hydrogens is 358 g/mol. The number of benzene rings is 1. The van der Waals surface area contributed by atoms with E-state index < -0.39 is 0 Å². The Labute approximate surface area is 155 Å². The molecule has 0 aliphatic heterocycles. The van der Waals surface area contributed by atoms with Gasteiger partial charge in [0.1, 0.15) is 23.9 Å². The number of rotatable bonds is 7. The van der Waals surface area contributed by atoms with Crippen molar-refractivity contribution in [1.82, 2.24) is 15.1 Å². The van der Waals surface area contributed by atoms with Crippen LogP contribution in [-0.4, -0.2) is 22.8 Å². The van der Waals surface area contributed by atoms with E-state index in [9.17, 15) is 4.79 Å². The van der Waals surface area contributed by atoms with Gasteiger partial charge in [0.25, 0.3) is 5.91 Å². The fourth-order valence-corrected chi connectivity index (χ4v) is 2.52. The Balaban J connectivity index is 1.54. The highest BCUT2D eigenvalue weighted by molar-refractivity contribution is 6.31. The maximum absolute atomic E-state index is 12.2. The molecule has 0 aliphatic rings. The lowest BCUT2D eigenvalue weighted by Gasteiger charge is -2.06. The zero-order valence-corrected chi connectivity index (χ0v) is 15.1. The summed E-state index contributed by atoms with van der Waals surface area (Å²) in [5, 5.41) is 7.27. The molecule has 0 bridgehead atoms. The Morgan fingerprint density at radius 3 is 2.62 bits per heavy atom. The maximum Gasteiger partial charge on any atom is 0.287 e. The van der Waals surface area contributed by atoms with E-state index >= 15 is 0 Å². The fraction of sp³-hybridized carbons (Fsp3) is 0.222. The molecule has 0 spiro atoms. The number of amides is 1. The molecule has 0 aliphatic carbocycles. The van der Waals surface area contributed by atoms with Crippen LogP contribution in [0.15, 0.2) is 47.0 Å². The van der Waals surface area contributed by atoms with E-state index in [0.29, 0.717) is 16.5 Å². The second kappa shape index (κ2) is 7.97. The van der Waals surface area contributed by atoms with Crippen LogP contribution in [0, 0.1) is 0 Å². The van der Waals surface area contributed by atoms with Crippen LogP contribution in [0.25, 0.3) is 0 Å². The van der Waals surface area contributed by atoms with Crippen molar-refractivity contribution in [2.45, 2.75) is 13.2 Å². The third-order valence-electron chi connectivity index (χ3n) is 3.75. The molecule has 26 heavy (non-hydrogen) atoms. The zero-order valence-electron chi connectivity index (χ0n) is 14.4. The normalized spacial score (nSPS) is 10.6. The number of methoxy groups -OCH3 is 1. The van der Waals surface area contributed by atoms with Gasteiger partial charge in [-0.3, -0.25) is 9.48 Å². The maximum atomic E-state index is 12.2. The van der Waals surface area contributed by atoms with Crippen LogP contribution in [0.4, 0.5) is 0 Å². The van der Waals surface area contributed by atoms with E-state index in [-0.39, 0.29) is 24.8 Å². The van der Waals surface area contributed by atoms with Crippen LogP contribution in [0.3, 0.4) is 0 Å². The number of hydrogen-bond acceptors (Lipinski definition) is 5. The summed E-state index contributed by atoms with van der Waals surface area (Å²) in [7, 11) is 3.36. The fourth-order valence-electron chi connectivity index (χ4n) is 2.29. The van der Waals surface area contributed by atoms with Crippen molar-refractivity contribution in [3.8, 4) is 11.5 Å². The minimum Gasteiger partial charge on any atom is -0.497 e. The van der Waals surface area contributed by atoms with Crippen LogP contribution in [0.1, 0.15) is 22.0 Å². The number of nitrogens with one attached hydrogen (secondary N) is 1. The van der Waals surface area contributed by atoms with Gasteiger partial charge in [0.2, 0.25) is 0 Å². The van der Waals surface area contributed by atoms with Gasteiger partial charge in [0.15, 0.2) is 5.76 Å². The highest BCUT2D eigenvalue weighted by Crippen LogP contribution is 2.19. The molecule has 0 saturated carbocycles. The smallest absolute Gasteiger partial charge is 0.287 e. The summed E-state index contributed by atoms with van der Waals surface area (Å²) in [6.45, 7) is 0.472. The molecule has 1 N–H and O–H groups in total. The molecule has 0 saturated heterocycles. The molecule has 1 aromatic carbocycles. The Kier molecular flexibility index (Phi) is 5.48. The monoisotopic (exact) mass is 375 g/mol. The predicted molar refractivity (Wildman–Crippen MR) is 95.4 cm³/mol. The van der Waals surface area contributed by atoms with E-state index in [1.54, 1.807) is 55.2 Å². The van der Waals surface area contributed by atoms with Gasteiger partial charge >= 0.3 is 0 Å². The quantitative estimate of drug-likeness (QED) is 0.686. The summed E-state index contributed by atoms with van der Waals surface area (Å²) in [6, 6.07) is 10.5. The zero-order chi connectivity index (χ0) is 18.5. The number of halogens is 1. The number of ether oxygens (including phenoxy) is 2. The molecule has 0 unspecified atom stereocenters. The highest BCUT2D eigenvalue weighted by atomic mass is 35.5. The molecule has 8 heteroatoms. The molecule has 136 valence electrons. The van der Waals surface area contributed by atoms with Gasteiger partial charge in [-0.05, 0) is 36.4 Å². The second-order valence-corrected chi connectivity index (χ2v) is 5.88. The number of hydrogen-bond donors (Lipinski definition) is 1. The molecule has 2 heterocycles. The Bertz CT molecular complexity index is 867. The first-order valence-corrected chi connectivity index (χ1v) is 8.24. The van der Waals surface area contributed by atoms with Gasteiger partial charge < -0.3 is 19.2 Å². The van der Waals surface area contributed by atoms with Gasteiger partial charge in [-0.25, -0.2) is 0 Å². The number of carbonyl (C=O) groups is 1. The Morgan fingerprint density at radius 2 is 1.96 bits per heavy atom. The summed E-state index contributed by atoms with van der Waals surface area (Å²) in [6.07, 6.45) is 1.53. The topological polar surface area (TPSA) is 78.5 Å². The minimum absolute atomic E-state index is 0.205. The first-order valence-electron chi connectivity index (χ1n) is 7.87. The SMILES string of the molecule is COc1ccc(OCc2ccc(C(=O)NCc3c(Cl)cnn3C)o2)cc1. The molecule has 1 amide bonds. The van der Waals surface area contributed by atoms with Crippen LogP contribution in [0.5, 0.6) is 11.5 Å². The summed E-state index contributed by atoms with van der Waals surface area (Å²) in [5.74, 6) is 1.85. The number of aryl methyl sites for hydroxylation is 1. The van der Waals surface area contributed by atoms with E-state index in [4.69, 9.17) is 25.5 Å². The molecule has 0 fully saturated rings. The molecule has 0 radical (unpaired) electrons. The minimum atomic E-state index is -0.335. The van der Waals surface area contributed by atoms with Crippen molar-refractivity contribution in [1.29, 1.82) is 0 Å². The third-order valence-corrected chi connectivity index (χ3v) is 4.07. The van der Waals surface area contributed by atoms with Crippen molar-refractivity contribution in [3.05, 3.63) is 64.8 Å². The molecule has 3 rings (SSSR count). The first kappa shape index (κ1) is 17.9. The van der Waals surface area contributed by atoms with Crippen molar-refractivity contribution in [3.63, 3.8) is 0 Å². The van der Waals surface area contributed by atoms with Crippen LogP contribution < -0.4 is 14.8 Å². The second-order valence-electron chi connectivity index (χ2n) is 5.48. The van der Waals surface area contributed by atoms with Crippen LogP contribution >= 0.6 is 11.6 Å². The van der Waals surface area contributed by atoms with E-state index in [1.807, 2.05) is 0 Å². The van der Waals surface area contributed by atoms with Crippen molar-refractivity contribution < 1.29 is 18.7 Å². The largest absolute Gasteiger partial charge is 0.497 e. The number of aromatic nitrogens is 2. The van der Waals surface area contributed by atoms with Crippen molar-refractivity contribution >= 4 is 17.5 Å². The van der Waals surface area contributed by atoms with Gasteiger partial charge in [-0.1, -0.05) is 11.6 Å². The predicted octanol–water partition coefficient (Wildman–Crippen LogP) is 3.18. The summed E-state index contributed by atoms with van der Waals surface area (Å²) < 4.78 is 17.9. The van der Waals surface area contributed by atoms with Crippen molar-refractivity contribution in [2.75, 3.05) is 7.11 Å². The number of carbonyl (C=O) groups excluding carboxylic acids is 1. The summed E-state index contributed by atoms with van der Waals surface area (Å²) >= 11 is 6.01. The van der Waals surface area contributed by atoms with Gasteiger partial charge in [-0.2, -0.15) is 5.10 Å². The molecular formula is C18H18ClN3O4. The summed E-state index contributed by atoms with van der Waals surface area (Å²) in [5.41, 5.74) is 0.717. The van der Waals surface area contributed by atoms with E-state index in [2.05, 4.69) is 10.4 Å². The molecule has 2 aromatic heterocycles. The lowest BCUT2D eigenvalue weighted by Crippen LogP contribution is -2.23. The average molecular weight is 376 g/mol. The van der Waals surface area contributed by atoms with E-state index in [1.165, 1.54) is 6.20 Å². The van der Waals surface area contributed by atoms with Crippen LogP contribution in [0.2, 0.25) is 5.02 Å².